The second kappa shape index (κ2) is 12.2. The van der Waals surface area contributed by atoms with Crippen molar-refractivity contribution < 1.29 is 19.1 Å². The summed E-state index contributed by atoms with van der Waals surface area (Å²) >= 11 is 10.00. The SMILES string of the molecule is Cc1cc(C(C)n2cc(NC(=O)c3nc(-c4c(C(F)I)ccc(Cl)c4I)cnc3C(C)O)cn2)nnc1N1C[C@H]2C[C@H]2C1=O. The Balaban J connectivity index is 1.24. The summed E-state index contributed by atoms with van der Waals surface area (Å²) in [5.74, 6) is 0.648. The molecule has 11 nitrogen and oxygen atoms in total. The third-order valence-electron chi connectivity index (χ3n) is 7.87. The first-order valence-corrected chi connectivity index (χ1v) is 16.5. The molecule has 1 aliphatic carbocycles. The minimum atomic E-state index is -1.35. The van der Waals surface area contributed by atoms with Gasteiger partial charge in [0.15, 0.2) is 15.7 Å². The van der Waals surface area contributed by atoms with E-state index in [9.17, 15) is 19.1 Å². The number of aromatic nitrogens is 6. The van der Waals surface area contributed by atoms with E-state index in [1.54, 1.807) is 50.5 Å². The summed E-state index contributed by atoms with van der Waals surface area (Å²) in [6.07, 6.45) is 4.40. The summed E-state index contributed by atoms with van der Waals surface area (Å²) in [6, 6.07) is 4.74. The summed E-state index contributed by atoms with van der Waals surface area (Å²) in [6.45, 7) is 5.97. The molecule has 2 amide bonds. The molecule has 6 rings (SSSR count). The van der Waals surface area contributed by atoms with Crippen molar-refractivity contribution in [3.63, 3.8) is 0 Å². The largest absolute Gasteiger partial charge is 0.387 e. The fraction of sp³-hybridized carbons (Fsp3) is 0.345. The quantitative estimate of drug-likeness (QED) is 0.163. The molecule has 228 valence electrons. The number of aliphatic hydroxyl groups excluding tert-OH is 1. The monoisotopic (exact) mass is 842 g/mol. The predicted molar refractivity (Wildman–Crippen MR) is 178 cm³/mol. The molecular weight excluding hydrogens is 817 g/mol. The molecule has 1 aromatic carbocycles. The van der Waals surface area contributed by atoms with Gasteiger partial charge in [0, 0.05) is 33.4 Å². The first-order chi connectivity index (χ1) is 20.9. The number of nitrogens with one attached hydrogen (secondary N) is 1. The van der Waals surface area contributed by atoms with E-state index in [0.29, 0.717) is 49.4 Å². The Morgan fingerprint density at radius 3 is 2.68 bits per heavy atom. The van der Waals surface area contributed by atoms with Crippen molar-refractivity contribution in [1.29, 1.82) is 0 Å². The van der Waals surface area contributed by atoms with Crippen LogP contribution in [0, 0.1) is 22.3 Å². The Bertz CT molecular complexity index is 1800. The molecular formula is C29H26ClFI2N8O3. The fourth-order valence-corrected chi connectivity index (χ4v) is 6.82. The second-order valence-electron chi connectivity index (χ2n) is 11.0. The lowest BCUT2D eigenvalue weighted by atomic mass is 10.0. The van der Waals surface area contributed by atoms with Crippen molar-refractivity contribution in [3.8, 4) is 11.3 Å². The van der Waals surface area contributed by atoms with Crippen LogP contribution in [0.5, 0.6) is 0 Å². The summed E-state index contributed by atoms with van der Waals surface area (Å²) in [5, 5.41) is 26.7. The minimum Gasteiger partial charge on any atom is -0.387 e. The standard InChI is InChI=1S/C29H26ClFI2N8O3/c1-12-6-20(38-39-27(12)40-10-15-7-18(15)29(40)44)13(2)41-11-16(8-35-41)36-28(43)25-24(14(3)42)34-9-21(37-25)22-17(26(31)33)4-5-19(30)23(22)32/h4-6,8-9,11,13-15,18,26,42H,7,10H2,1-3H3,(H,36,43)/t13?,14?,15-,18-,26?/m1/s1. The third kappa shape index (κ3) is 5.80. The van der Waals surface area contributed by atoms with Gasteiger partial charge in [0.2, 0.25) is 5.91 Å². The van der Waals surface area contributed by atoms with Crippen molar-refractivity contribution in [3.05, 3.63) is 73.6 Å². The number of alkyl halides is 2. The van der Waals surface area contributed by atoms with Crippen LogP contribution in [-0.2, 0) is 4.79 Å². The number of carbonyl (C=O) groups is 2. The van der Waals surface area contributed by atoms with Gasteiger partial charge in [-0.3, -0.25) is 24.2 Å². The van der Waals surface area contributed by atoms with Gasteiger partial charge in [0.1, 0.15) is 0 Å². The number of hydrogen-bond acceptors (Lipinski definition) is 8. The molecule has 15 heteroatoms. The van der Waals surface area contributed by atoms with E-state index in [-0.39, 0.29) is 34.9 Å². The van der Waals surface area contributed by atoms with Crippen LogP contribution in [0.2, 0.25) is 5.02 Å². The number of fused-ring (bicyclic) bond motifs is 1. The van der Waals surface area contributed by atoms with E-state index >= 15 is 0 Å². The van der Waals surface area contributed by atoms with Gasteiger partial charge >= 0.3 is 0 Å². The molecule has 0 radical (unpaired) electrons. The molecule has 3 unspecified atom stereocenters. The Labute approximate surface area is 284 Å². The normalized spacial score (nSPS) is 19.5. The number of benzene rings is 1. The highest BCUT2D eigenvalue weighted by Gasteiger charge is 2.53. The number of rotatable bonds is 8. The number of aliphatic hydroxyl groups is 1. The van der Waals surface area contributed by atoms with Crippen LogP contribution in [0.25, 0.3) is 11.3 Å². The Morgan fingerprint density at radius 1 is 1.25 bits per heavy atom. The van der Waals surface area contributed by atoms with Crippen LogP contribution in [0.15, 0.2) is 36.8 Å². The van der Waals surface area contributed by atoms with E-state index in [1.807, 2.05) is 42.5 Å². The molecule has 1 saturated heterocycles. The maximum absolute atomic E-state index is 14.5. The van der Waals surface area contributed by atoms with Crippen LogP contribution in [0.3, 0.4) is 0 Å². The van der Waals surface area contributed by atoms with Crippen molar-refractivity contribution in [2.75, 3.05) is 16.8 Å². The molecule has 4 heterocycles. The maximum atomic E-state index is 14.5. The van der Waals surface area contributed by atoms with Crippen LogP contribution in [0.4, 0.5) is 15.9 Å². The molecule has 3 aromatic heterocycles. The van der Waals surface area contributed by atoms with Gasteiger partial charge in [0.05, 0.1) is 52.3 Å². The van der Waals surface area contributed by atoms with Crippen LogP contribution >= 0.6 is 56.8 Å². The molecule has 0 bridgehead atoms. The number of nitrogens with zero attached hydrogens (tertiary/aromatic N) is 7. The number of aryl methyl sites for hydroxylation is 1. The van der Waals surface area contributed by atoms with E-state index in [0.717, 1.165) is 12.0 Å². The fourth-order valence-electron chi connectivity index (χ4n) is 5.38. The average molecular weight is 843 g/mol. The van der Waals surface area contributed by atoms with Gasteiger partial charge in [-0.05, 0) is 96.0 Å². The average Bonchev–Trinajstić information content (AvgIpc) is 3.49. The van der Waals surface area contributed by atoms with Crippen LogP contribution < -0.4 is 10.2 Å². The summed E-state index contributed by atoms with van der Waals surface area (Å²) < 4.78 is 15.4. The van der Waals surface area contributed by atoms with E-state index in [4.69, 9.17) is 11.6 Å². The zero-order valence-electron chi connectivity index (χ0n) is 23.7. The van der Waals surface area contributed by atoms with E-state index < -0.39 is 16.2 Å². The van der Waals surface area contributed by atoms with Gasteiger partial charge in [-0.1, -0.05) is 17.7 Å². The molecule has 5 atom stereocenters. The number of anilines is 2. The molecule has 1 saturated carbocycles. The Hall–Kier alpha value is -2.83. The number of amides is 2. The van der Waals surface area contributed by atoms with Gasteiger partial charge in [-0.25, -0.2) is 9.37 Å². The van der Waals surface area contributed by atoms with Crippen LogP contribution in [0.1, 0.15) is 69.6 Å². The number of carbonyl (C=O) groups excluding carboxylic acids is 2. The zero-order chi connectivity index (χ0) is 31.4. The number of piperidine rings is 1. The molecule has 2 aliphatic rings. The molecule has 2 fully saturated rings. The minimum absolute atomic E-state index is 0.0662. The van der Waals surface area contributed by atoms with E-state index in [2.05, 4.69) is 30.6 Å². The lowest BCUT2D eigenvalue weighted by Gasteiger charge is -2.20. The molecule has 4 aromatic rings. The lowest BCUT2D eigenvalue weighted by molar-refractivity contribution is -0.118. The first-order valence-electron chi connectivity index (χ1n) is 13.8. The van der Waals surface area contributed by atoms with Gasteiger partial charge in [0.25, 0.3) is 5.91 Å². The van der Waals surface area contributed by atoms with Crippen molar-refractivity contribution in [2.45, 2.75) is 43.5 Å². The Kier molecular flexibility index (Phi) is 8.62. The van der Waals surface area contributed by atoms with E-state index in [1.165, 1.54) is 19.3 Å². The van der Waals surface area contributed by atoms with Crippen molar-refractivity contribution in [1.82, 2.24) is 29.9 Å². The smallest absolute Gasteiger partial charge is 0.276 e. The summed E-state index contributed by atoms with van der Waals surface area (Å²) in [4.78, 5) is 36.6. The van der Waals surface area contributed by atoms with Gasteiger partial charge in [-0.2, -0.15) is 10.2 Å². The molecule has 0 spiro atoms. The summed E-state index contributed by atoms with van der Waals surface area (Å²) in [7, 11) is 0. The van der Waals surface area contributed by atoms with Crippen molar-refractivity contribution >= 4 is 80.1 Å². The number of halogens is 4. The number of hydrogen-bond donors (Lipinski definition) is 2. The second-order valence-corrected chi connectivity index (χ2v) is 13.5. The first kappa shape index (κ1) is 31.2. The highest BCUT2D eigenvalue weighted by atomic mass is 127. The van der Waals surface area contributed by atoms with Gasteiger partial charge < -0.3 is 10.4 Å². The maximum Gasteiger partial charge on any atom is 0.276 e. The molecule has 2 N–H and O–H groups in total. The topological polar surface area (TPSA) is 139 Å². The Morgan fingerprint density at radius 2 is 2.02 bits per heavy atom. The molecule has 44 heavy (non-hydrogen) atoms. The van der Waals surface area contributed by atoms with Crippen LogP contribution in [-0.4, -0.2) is 53.4 Å². The zero-order valence-corrected chi connectivity index (χ0v) is 28.7. The predicted octanol–water partition coefficient (Wildman–Crippen LogP) is 6.00. The highest BCUT2D eigenvalue weighted by Crippen LogP contribution is 2.47. The highest BCUT2D eigenvalue weighted by molar-refractivity contribution is 14.1. The lowest BCUT2D eigenvalue weighted by Crippen LogP contribution is -2.30. The van der Waals surface area contributed by atoms with Gasteiger partial charge in [-0.15, -0.1) is 5.10 Å². The third-order valence-corrected chi connectivity index (χ3v) is 10.3. The van der Waals surface area contributed by atoms with Crippen molar-refractivity contribution in [2.24, 2.45) is 11.8 Å². The summed E-state index contributed by atoms with van der Waals surface area (Å²) in [5.41, 5.74) is 2.83. The molecule has 1 aliphatic heterocycles.